The largest absolute Gasteiger partial charge is 0.368 e. The molecule has 2 aromatic heterocycles. The Labute approximate surface area is 121 Å². The predicted molar refractivity (Wildman–Crippen MR) is 75.7 cm³/mol. The van der Waals surface area contributed by atoms with Gasteiger partial charge in [0.2, 0.25) is 0 Å². The summed E-state index contributed by atoms with van der Waals surface area (Å²) in [5.74, 6) is 0.776. The number of nitrogens with zero attached hydrogens (tertiary/aromatic N) is 3. The Morgan fingerprint density at radius 3 is 3.15 bits per heavy atom. The molecular formula is C14H15N3O2S. The van der Waals surface area contributed by atoms with Gasteiger partial charge in [-0.05, 0) is 24.4 Å². The summed E-state index contributed by atoms with van der Waals surface area (Å²) in [6, 6.07) is 3.70. The molecule has 6 heteroatoms. The van der Waals surface area contributed by atoms with Gasteiger partial charge in [0.25, 0.3) is 5.91 Å². The fraction of sp³-hybridized carbons (Fsp3) is 0.357. The first-order chi connectivity index (χ1) is 9.74. The highest BCUT2D eigenvalue weighted by atomic mass is 32.1. The van der Waals surface area contributed by atoms with Gasteiger partial charge in [0.15, 0.2) is 0 Å². The first-order valence-electron chi connectivity index (χ1n) is 6.46. The number of aryl methyl sites for hydroxylation is 1. The first kappa shape index (κ1) is 13.2. The van der Waals surface area contributed by atoms with Crippen molar-refractivity contribution < 1.29 is 9.53 Å². The Bertz CT molecular complexity index is 600. The molecular weight excluding hydrogens is 274 g/mol. The van der Waals surface area contributed by atoms with E-state index >= 15 is 0 Å². The van der Waals surface area contributed by atoms with E-state index in [1.54, 1.807) is 6.20 Å². The van der Waals surface area contributed by atoms with E-state index in [1.807, 2.05) is 34.7 Å². The maximum absolute atomic E-state index is 12.3. The van der Waals surface area contributed by atoms with Gasteiger partial charge < -0.3 is 9.64 Å². The average molecular weight is 289 g/mol. The number of aromatic nitrogens is 2. The molecule has 2 aromatic rings. The number of morpholine rings is 1. The zero-order valence-corrected chi connectivity index (χ0v) is 12.0. The lowest BCUT2D eigenvalue weighted by Gasteiger charge is -2.32. The van der Waals surface area contributed by atoms with E-state index in [9.17, 15) is 4.79 Å². The minimum Gasteiger partial charge on any atom is -0.368 e. The number of hydrogen-bond donors (Lipinski definition) is 0. The molecule has 1 fully saturated rings. The maximum Gasteiger partial charge on any atom is 0.254 e. The third-order valence-corrected chi connectivity index (χ3v) is 3.93. The van der Waals surface area contributed by atoms with Crippen LogP contribution in [-0.4, -0.2) is 40.5 Å². The Balaban J connectivity index is 1.75. The van der Waals surface area contributed by atoms with E-state index in [0.29, 0.717) is 25.5 Å². The SMILES string of the molecule is Cc1nccc(C2CN(C(=O)c3ccsc3)CCO2)n1. The molecule has 0 bridgehead atoms. The molecule has 1 saturated heterocycles. The van der Waals surface area contributed by atoms with Crippen LogP contribution in [0.2, 0.25) is 0 Å². The number of carbonyl (C=O) groups is 1. The lowest BCUT2D eigenvalue weighted by Crippen LogP contribution is -2.42. The smallest absolute Gasteiger partial charge is 0.254 e. The summed E-state index contributed by atoms with van der Waals surface area (Å²) in [5, 5.41) is 3.79. The number of amides is 1. The zero-order chi connectivity index (χ0) is 13.9. The highest BCUT2D eigenvalue weighted by molar-refractivity contribution is 7.08. The lowest BCUT2D eigenvalue weighted by molar-refractivity contribution is -0.0248. The van der Waals surface area contributed by atoms with E-state index in [-0.39, 0.29) is 12.0 Å². The fourth-order valence-electron chi connectivity index (χ4n) is 2.24. The second-order valence-corrected chi connectivity index (χ2v) is 5.43. The Hall–Kier alpha value is -1.79. The van der Waals surface area contributed by atoms with Gasteiger partial charge in [-0.3, -0.25) is 4.79 Å². The van der Waals surface area contributed by atoms with Crippen molar-refractivity contribution in [2.45, 2.75) is 13.0 Å². The minimum atomic E-state index is -0.173. The van der Waals surface area contributed by atoms with Crippen molar-refractivity contribution in [3.63, 3.8) is 0 Å². The molecule has 1 amide bonds. The van der Waals surface area contributed by atoms with Crippen LogP contribution in [0, 0.1) is 6.92 Å². The second-order valence-electron chi connectivity index (χ2n) is 4.65. The van der Waals surface area contributed by atoms with Crippen molar-refractivity contribution in [2.75, 3.05) is 19.7 Å². The van der Waals surface area contributed by atoms with E-state index in [2.05, 4.69) is 9.97 Å². The summed E-state index contributed by atoms with van der Waals surface area (Å²) in [5.41, 5.74) is 1.58. The molecule has 0 saturated carbocycles. The molecule has 0 N–H and O–H groups in total. The van der Waals surface area contributed by atoms with Crippen LogP contribution in [-0.2, 0) is 4.74 Å². The van der Waals surface area contributed by atoms with E-state index in [4.69, 9.17) is 4.74 Å². The van der Waals surface area contributed by atoms with Crippen LogP contribution in [0.5, 0.6) is 0 Å². The highest BCUT2D eigenvalue weighted by Crippen LogP contribution is 2.22. The van der Waals surface area contributed by atoms with E-state index in [0.717, 1.165) is 11.3 Å². The van der Waals surface area contributed by atoms with Gasteiger partial charge in [-0.25, -0.2) is 9.97 Å². The monoisotopic (exact) mass is 289 g/mol. The fourth-order valence-corrected chi connectivity index (χ4v) is 2.86. The summed E-state index contributed by atoms with van der Waals surface area (Å²) >= 11 is 1.53. The van der Waals surface area contributed by atoms with Crippen LogP contribution in [0.4, 0.5) is 0 Å². The summed E-state index contributed by atoms with van der Waals surface area (Å²) in [6.07, 6.45) is 1.55. The maximum atomic E-state index is 12.3. The van der Waals surface area contributed by atoms with Gasteiger partial charge in [0, 0.05) is 18.1 Å². The third kappa shape index (κ3) is 2.71. The highest BCUT2D eigenvalue weighted by Gasteiger charge is 2.27. The van der Waals surface area contributed by atoms with Crippen LogP contribution >= 0.6 is 11.3 Å². The summed E-state index contributed by atoms with van der Waals surface area (Å²) < 4.78 is 5.74. The molecule has 0 spiro atoms. The number of rotatable bonds is 2. The van der Waals surface area contributed by atoms with Crippen LogP contribution < -0.4 is 0 Å². The number of hydrogen-bond acceptors (Lipinski definition) is 5. The van der Waals surface area contributed by atoms with Crippen LogP contribution in [0.15, 0.2) is 29.1 Å². The number of thiophene rings is 1. The van der Waals surface area contributed by atoms with Gasteiger partial charge in [0.05, 0.1) is 24.4 Å². The molecule has 1 aliphatic rings. The van der Waals surface area contributed by atoms with Crippen molar-refractivity contribution >= 4 is 17.2 Å². The molecule has 20 heavy (non-hydrogen) atoms. The molecule has 0 radical (unpaired) electrons. The lowest BCUT2D eigenvalue weighted by atomic mass is 10.2. The summed E-state index contributed by atoms with van der Waals surface area (Å²) in [4.78, 5) is 22.6. The molecule has 1 atom stereocenters. The Kier molecular flexibility index (Phi) is 3.75. The molecule has 3 rings (SSSR count). The molecule has 0 aliphatic carbocycles. The summed E-state index contributed by atoms with van der Waals surface area (Å²) in [7, 11) is 0. The summed E-state index contributed by atoms with van der Waals surface area (Å²) in [6.45, 7) is 3.53. The van der Waals surface area contributed by atoms with Crippen molar-refractivity contribution in [3.05, 3.63) is 46.2 Å². The molecule has 104 valence electrons. The van der Waals surface area contributed by atoms with Gasteiger partial charge in [-0.15, -0.1) is 0 Å². The van der Waals surface area contributed by atoms with Crippen LogP contribution in [0.3, 0.4) is 0 Å². The molecule has 0 aromatic carbocycles. The molecule has 1 aliphatic heterocycles. The van der Waals surface area contributed by atoms with Crippen molar-refractivity contribution in [1.29, 1.82) is 0 Å². The van der Waals surface area contributed by atoms with Crippen molar-refractivity contribution in [1.82, 2.24) is 14.9 Å². The Morgan fingerprint density at radius 2 is 2.40 bits per heavy atom. The van der Waals surface area contributed by atoms with Gasteiger partial charge >= 0.3 is 0 Å². The molecule has 5 nitrogen and oxygen atoms in total. The van der Waals surface area contributed by atoms with E-state index in [1.165, 1.54) is 11.3 Å². The predicted octanol–water partition coefficient (Wildman–Crippen LogP) is 2.06. The standard InChI is InChI=1S/C14H15N3O2S/c1-10-15-4-2-12(16-10)13-8-17(5-6-19-13)14(18)11-3-7-20-9-11/h2-4,7,9,13H,5-6,8H2,1H3. The topological polar surface area (TPSA) is 55.3 Å². The van der Waals surface area contributed by atoms with E-state index < -0.39 is 0 Å². The number of carbonyl (C=O) groups excluding carboxylic acids is 1. The zero-order valence-electron chi connectivity index (χ0n) is 11.2. The van der Waals surface area contributed by atoms with Gasteiger partial charge in [-0.1, -0.05) is 0 Å². The van der Waals surface area contributed by atoms with Crippen LogP contribution in [0.25, 0.3) is 0 Å². The normalized spacial score (nSPS) is 19.1. The third-order valence-electron chi connectivity index (χ3n) is 3.25. The number of ether oxygens (including phenoxy) is 1. The quantitative estimate of drug-likeness (QED) is 0.849. The van der Waals surface area contributed by atoms with Gasteiger partial charge in [0.1, 0.15) is 11.9 Å². The Morgan fingerprint density at radius 1 is 1.50 bits per heavy atom. The average Bonchev–Trinajstić information content (AvgIpc) is 3.01. The van der Waals surface area contributed by atoms with Crippen molar-refractivity contribution in [2.24, 2.45) is 0 Å². The minimum absolute atomic E-state index is 0.0605. The molecule has 1 unspecified atom stereocenters. The van der Waals surface area contributed by atoms with Gasteiger partial charge in [-0.2, -0.15) is 11.3 Å². The van der Waals surface area contributed by atoms with Crippen LogP contribution in [0.1, 0.15) is 28.0 Å². The second kappa shape index (κ2) is 5.68. The molecule has 3 heterocycles. The first-order valence-corrected chi connectivity index (χ1v) is 7.41. The van der Waals surface area contributed by atoms with Crippen molar-refractivity contribution in [3.8, 4) is 0 Å².